The molecule has 0 spiro atoms. The summed E-state index contributed by atoms with van der Waals surface area (Å²) in [6, 6.07) is 22.5. The third-order valence-corrected chi connectivity index (χ3v) is 5.89. The van der Waals surface area contributed by atoms with Crippen LogP contribution in [0.1, 0.15) is 21.8 Å². The molecule has 0 N–H and O–H groups in total. The SMILES string of the molecule is CN1C[C@@H](C(=O)c2ccc(Oc3ccc(Cl)cc3)cc2Cl)[C@H](c2ccccc2)C1. The first-order chi connectivity index (χ1) is 14.0. The number of likely N-dealkylation sites (N-methyl/N-ethyl adjacent to an activating group) is 1. The maximum atomic E-state index is 13.3. The number of nitrogens with zero attached hydrogens (tertiary/aromatic N) is 1. The molecule has 148 valence electrons. The van der Waals surface area contributed by atoms with E-state index < -0.39 is 0 Å². The van der Waals surface area contributed by atoms with Gasteiger partial charge in [0.15, 0.2) is 5.78 Å². The van der Waals surface area contributed by atoms with Crippen LogP contribution in [0.15, 0.2) is 72.8 Å². The summed E-state index contributed by atoms with van der Waals surface area (Å²) >= 11 is 12.4. The molecule has 1 saturated heterocycles. The first-order valence-electron chi connectivity index (χ1n) is 9.52. The van der Waals surface area contributed by atoms with Crippen LogP contribution in [0, 0.1) is 5.92 Å². The predicted molar refractivity (Wildman–Crippen MR) is 117 cm³/mol. The molecule has 0 saturated carbocycles. The summed E-state index contributed by atoms with van der Waals surface area (Å²) in [5.74, 6) is 1.35. The highest BCUT2D eigenvalue weighted by Gasteiger charge is 2.37. The van der Waals surface area contributed by atoms with E-state index in [4.69, 9.17) is 27.9 Å². The van der Waals surface area contributed by atoms with Crippen LogP contribution in [-0.2, 0) is 0 Å². The Balaban J connectivity index is 1.55. The lowest BCUT2D eigenvalue weighted by molar-refractivity contribution is 0.0916. The average molecular weight is 426 g/mol. The van der Waals surface area contributed by atoms with Gasteiger partial charge in [0, 0.05) is 41.6 Å². The van der Waals surface area contributed by atoms with E-state index in [1.165, 1.54) is 5.56 Å². The lowest BCUT2D eigenvalue weighted by Crippen LogP contribution is -2.22. The third-order valence-electron chi connectivity index (χ3n) is 5.32. The van der Waals surface area contributed by atoms with Crippen molar-refractivity contribution >= 4 is 29.0 Å². The normalized spacial score (nSPS) is 19.3. The molecule has 0 aromatic heterocycles. The molecule has 3 nitrogen and oxygen atoms in total. The Labute approximate surface area is 180 Å². The standard InChI is InChI=1S/C24H21Cl2NO2/c1-27-14-21(16-5-3-2-4-6-16)22(15-27)24(28)20-12-11-19(13-23(20)26)29-18-9-7-17(25)8-10-18/h2-13,21-22H,14-15H2,1H3/t21-,22+/m0/s1. The smallest absolute Gasteiger partial charge is 0.169 e. The molecule has 1 fully saturated rings. The second-order valence-electron chi connectivity index (χ2n) is 7.41. The zero-order valence-electron chi connectivity index (χ0n) is 16.0. The molecule has 1 aliphatic heterocycles. The highest BCUT2D eigenvalue weighted by Crippen LogP contribution is 2.36. The molecule has 0 radical (unpaired) electrons. The van der Waals surface area contributed by atoms with Gasteiger partial charge in [0.25, 0.3) is 0 Å². The predicted octanol–water partition coefficient (Wildman–Crippen LogP) is 6.31. The van der Waals surface area contributed by atoms with Crippen LogP contribution in [0.5, 0.6) is 11.5 Å². The van der Waals surface area contributed by atoms with Crippen molar-refractivity contribution in [1.29, 1.82) is 0 Å². The number of likely N-dealkylation sites (tertiary alicyclic amines) is 1. The van der Waals surface area contributed by atoms with E-state index >= 15 is 0 Å². The molecule has 3 aromatic carbocycles. The summed E-state index contributed by atoms with van der Waals surface area (Å²) in [4.78, 5) is 15.5. The molecule has 0 bridgehead atoms. The number of benzene rings is 3. The minimum absolute atomic E-state index is 0.0752. The highest BCUT2D eigenvalue weighted by atomic mass is 35.5. The van der Waals surface area contributed by atoms with Gasteiger partial charge in [-0.25, -0.2) is 0 Å². The number of hydrogen-bond donors (Lipinski definition) is 0. The molecule has 1 aliphatic rings. The van der Waals surface area contributed by atoms with Crippen LogP contribution in [-0.4, -0.2) is 30.8 Å². The van der Waals surface area contributed by atoms with Crippen LogP contribution >= 0.6 is 23.2 Å². The van der Waals surface area contributed by atoms with Gasteiger partial charge >= 0.3 is 0 Å². The van der Waals surface area contributed by atoms with Crippen molar-refractivity contribution < 1.29 is 9.53 Å². The van der Waals surface area contributed by atoms with Gasteiger partial charge in [0.1, 0.15) is 11.5 Å². The largest absolute Gasteiger partial charge is 0.457 e. The van der Waals surface area contributed by atoms with E-state index in [-0.39, 0.29) is 17.6 Å². The first kappa shape index (κ1) is 20.0. The van der Waals surface area contributed by atoms with Gasteiger partial charge < -0.3 is 9.64 Å². The lowest BCUT2D eigenvalue weighted by atomic mass is 9.84. The van der Waals surface area contributed by atoms with Crippen LogP contribution in [0.25, 0.3) is 0 Å². The van der Waals surface area contributed by atoms with E-state index in [1.807, 2.05) is 25.2 Å². The Morgan fingerprint density at radius 2 is 1.62 bits per heavy atom. The summed E-state index contributed by atoms with van der Waals surface area (Å²) in [6.45, 7) is 1.58. The lowest BCUT2D eigenvalue weighted by Gasteiger charge is -2.18. The van der Waals surface area contributed by atoms with E-state index in [2.05, 4.69) is 17.0 Å². The van der Waals surface area contributed by atoms with Gasteiger partial charge in [-0.2, -0.15) is 0 Å². The average Bonchev–Trinajstić information content (AvgIpc) is 3.12. The van der Waals surface area contributed by atoms with Crippen molar-refractivity contribution in [3.05, 3.63) is 94.0 Å². The second-order valence-corrected chi connectivity index (χ2v) is 8.25. The number of ketones is 1. The van der Waals surface area contributed by atoms with Gasteiger partial charge in [-0.1, -0.05) is 53.5 Å². The quantitative estimate of drug-likeness (QED) is 0.448. The summed E-state index contributed by atoms with van der Waals surface area (Å²) in [5.41, 5.74) is 1.73. The zero-order valence-corrected chi connectivity index (χ0v) is 17.5. The zero-order chi connectivity index (χ0) is 20.4. The molecule has 4 rings (SSSR count). The van der Waals surface area contributed by atoms with Crippen LogP contribution in [0.2, 0.25) is 10.0 Å². The summed E-state index contributed by atoms with van der Waals surface area (Å²) < 4.78 is 5.82. The van der Waals surface area contributed by atoms with E-state index in [0.717, 1.165) is 13.1 Å². The molecule has 0 unspecified atom stereocenters. The van der Waals surface area contributed by atoms with Crippen molar-refractivity contribution in [1.82, 2.24) is 4.90 Å². The summed E-state index contributed by atoms with van der Waals surface area (Å²) in [6.07, 6.45) is 0. The number of hydrogen-bond acceptors (Lipinski definition) is 3. The molecule has 29 heavy (non-hydrogen) atoms. The molecule has 3 aromatic rings. The molecule has 1 heterocycles. The maximum absolute atomic E-state index is 13.3. The monoisotopic (exact) mass is 425 g/mol. The number of carbonyl (C=O) groups excluding carboxylic acids is 1. The fraction of sp³-hybridized carbons (Fsp3) is 0.208. The van der Waals surface area contributed by atoms with E-state index in [0.29, 0.717) is 27.1 Å². The van der Waals surface area contributed by atoms with Crippen molar-refractivity contribution in [2.45, 2.75) is 5.92 Å². The van der Waals surface area contributed by atoms with Crippen LogP contribution < -0.4 is 4.74 Å². The summed E-state index contributed by atoms with van der Waals surface area (Å²) in [5, 5.41) is 1.05. The first-order valence-corrected chi connectivity index (χ1v) is 10.3. The van der Waals surface area contributed by atoms with Crippen molar-refractivity contribution in [2.75, 3.05) is 20.1 Å². The topological polar surface area (TPSA) is 29.5 Å². The van der Waals surface area contributed by atoms with Gasteiger partial charge in [0.2, 0.25) is 0 Å². The fourth-order valence-electron chi connectivity index (χ4n) is 3.90. The van der Waals surface area contributed by atoms with Crippen molar-refractivity contribution in [3.8, 4) is 11.5 Å². The number of carbonyl (C=O) groups is 1. The van der Waals surface area contributed by atoms with Crippen molar-refractivity contribution in [3.63, 3.8) is 0 Å². The number of Topliss-reactive ketones (excluding diaryl/α,β-unsaturated/α-hetero) is 1. The van der Waals surface area contributed by atoms with Gasteiger partial charge in [-0.3, -0.25) is 4.79 Å². The Hall–Kier alpha value is -2.33. The minimum Gasteiger partial charge on any atom is -0.457 e. The Morgan fingerprint density at radius 1 is 0.931 bits per heavy atom. The van der Waals surface area contributed by atoms with E-state index in [1.54, 1.807) is 42.5 Å². The van der Waals surface area contributed by atoms with E-state index in [9.17, 15) is 4.79 Å². The second kappa shape index (κ2) is 8.58. The van der Waals surface area contributed by atoms with Crippen LogP contribution in [0.3, 0.4) is 0 Å². The molecular weight excluding hydrogens is 405 g/mol. The Morgan fingerprint density at radius 3 is 2.31 bits per heavy atom. The molecule has 2 atom stereocenters. The van der Waals surface area contributed by atoms with Gasteiger partial charge in [-0.05, 0) is 49.0 Å². The molecule has 0 aliphatic carbocycles. The number of ether oxygens (including phenoxy) is 1. The van der Waals surface area contributed by atoms with Crippen LogP contribution in [0.4, 0.5) is 0 Å². The fourth-order valence-corrected chi connectivity index (χ4v) is 4.29. The van der Waals surface area contributed by atoms with Gasteiger partial charge in [-0.15, -0.1) is 0 Å². The number of rotatable bonds is 5. The van der Waals surface area contributed by atoms with Gasteiger partial charge in [0.05, 0.1) is 5.02 Å². The summed E-state index contributed by atoms with van der Waals surface area (Å²) in [7, 11) is 2.05. The Kier molecular flexibility index (Phi) is 5.91. The van der Waals surface area contributed by atoms with Crippen molar-refractivity contribution in [2.24, 2.45) is 5.92 Å². The molecule has 5 heteroatoms. The number of halogens is 2. The molecule has 0 amide bonds. The third kappa shape index (κ3) is 4.48. The highest BCUT2D eigenvalue weighted by molar-refractivity contribution is 6.34. The Bertz CT molecular complexity index is 1010. The maximum Gasteiger partial charge on any atom is 0.169 e. The minimum atomic E-state index is -0.122. The molecular formula is C24H21Cl2NO2.